The minimum absolute atomic E-state index is 0.00575. The lowest BCUT2D eigenvalue weighted by Crippen LogP contribution is -2.52. The monoisotopic (exact) mass is 473 g/mol. The molecule has 0 amide bonds. The van der Waals surface area contributed by atoms with E-state index in [-0.39, 0.29) is 37.9 Å². The summed E-state index contributed by atoms with van der Waals surface area (Å²) in [6.07, 6.45) is -0.154. The third-order valence-electron chi connectivity index (χ3n) is 5.69. The van der Waals surface area contributed by atoms with Crippen LogP contribution in [0.4, 0.5) is 0 Å². The lowest BCUT2D eigenvalue weighted by molar-refractivity contribution is -0.150. The number of hydrogen-bond acceptors (Lipinski definition) is 9. The van der Waals surface area contributed by atoms with Crippen LogP contribution in [0, 0.1) is 11.3 Å². The van der Waals surface area contributed by atoms with Crippen LogP contribution >= 0.6 is 7.60 Å². The highest BCUT2D eigenvalue weighted by Crippen LogP contribution is 2.59. The summed E-state index contributed by atoms with van der Waals surface area (Å²) in [5, 5.41) is 0. The third kappa shape index (κ3) is 5.40. The Hall–Kier alpha value is -1.78. The first-order valence-corrected chi connectivity index (χ1v) is 12.3. The Morgan fingerprint density at radius 2 is 2.12 bits per heavy atom. The number of aromatic amines is 1. The molecule has 12 heteroatoms. The maximum atomic E-state index is 13.3. The van der Waals surface area contributed by atoms with Gasteiger partial charge in [-0.3, -0.25) is 23.7 Å². The molecule has 2 aliphatic heterocycles. The molecule has 2 fully saturated rings. The van der Waals surface area contributed by atoms with Crippen molar-refractivity contribution in [3.8, 4) is 0 Å². The zero-order chi connectivity index (χ0) is 23.9. The molecule has 3 rings (SSSR count). The summed E-state index contributed by atoms with van der Waals surface area (Å²) in [6, 6.07) is 1.21. The van der Waals surface area contributed by atoms with Crippen LogP contribution in [-0.2, 0) is 27.9 Å². The van der Waals surface area contributed by atoms with Crippen molar-refractivity contribution in [2.24, 2.45) is 17.1 Å². The van der Waals surface area contributed by atoms with Gasteiger partial charge in [-0.2, -0.15) is 0 Å². The number of ether oxygens (including phenoxy) is 2. The van der Waals surface area contributed by atoms with E-state index in [4.69, 9.17) is 24.3 Å². The van der Waals surface area contributed by atoms with Gasteiger partial charge in [0, 0.05) is 18.2 Å². The minimum atomic E-state index is -3.53. The lowest BCUT2D eigenvalue weighted by atomic mass is 9.85. The van der Waals surface area contributed by atoms with Gasteiger partial charge < -0.3 is 24.3 Å². The quantitative estimate of drug-likeness (QED) is 0.442. The summed E-state index contributed by atoms with van der Waals surface area (Å²) in [6.45, 7) is 8.90. The van der Waals surface area contributed by atoms with Gasteiger partial charge in [-0.25, -0.2) is 4.79 Å². The van der Waals surface area contributed by atoms with Crippen molar-refractivity contribution in [2.75, 3.05) is 19.4 Å². The third-order valence-corrected chi connectivity index (χ3v) is 7.59. The lowest BCUT2D eigenvalue weighted by Gasteiger charge is -2.37. The SMILES string of the molecule is CC(C)OC(=O)CC(C)(C)COP1(=O)C[C@@H]2[C@@H](CO1)O[C@@H](n1ccc(=O)[nH]c1=O)[C@]2(C)N. The van der Waals surface area contributed by atoms with E-state index in [1.807, 2.05) is 13.8 Å². The maximum absolute atomic E-state index is 13.3. The fourth-order valence-corrected chi connectivity index (χ4v) is 6.34. The van der Waals surface area contributed by atoms with Gasteiger partial charge in [-0.15, -0.1) is 0 Å². The Labute approximate surface area is 186 Å². The molecule has 2 saturated heterocycles. The van der Waals surface area contributed by atoms with Gasteiger partial charge in [0.2, 0.25) is 0 Å². The molecule has 1 unspecified atom stereocenters. The van der Waals surface area contributed by atoms with E-state index < -0.39 is 48.0 Å². The molecule has 0 aliphatic carbocycles. The zero-order valence-corrected chi connectivity index (χ0v) is 19.9. The molecular weight excluding hydrogens is 441 g/mol. The van der Waals surface area contributed by atoms with Crippen LogP contribution in [0.2, 0.25) is 0 Å². The molecule has 32 heavy (non-hydrogen) atoms. The first-order valence-electron chi connectivity index (χ1n) is 10.6. The van der Waals surface area contributed by atoms with E-state index in [0.29, 0.717) is 0 Å². The van der Waals surface area contributed by atoms with E-state index in [9.17, 15) is 18.9 Å². The number of rotatable bonds is 7. The van der Waals surface area contributed by atoms with Crippen molar-refractivity contribution in [1.82, 2.24) is 9.55 Å². The van der Waals surface area contributed by atoms with Crippen LogP contribution in [-0.4, -0.2) is 52.6 Å². The number of nitrogens with two attached hydrogens (primary N) is 1. The highest BCUT2D eigenvalue weighted by Gasteiger charge is 2.57. The molecule has 3 heterocycles. The van der Waals surface area contributed by atoms with Crippen LogP contribution < -0.4 is 17.0 Å². The van der Waals surface area contributed by atoms with Crippen LogP contribution in [0.25, 0.3) is 0 Å². The summed E-state index contributed by atoms with van der Waals surface area (Å²) in [7, 11) is -3.53. The van der Waals surface area contributed by atoms with Gasteiger partial charge in [0.25, 0.3) is 5.56 Å². The summed E-state index contributed by atoms with van der Waals surface area (Å²) >= 11 is 0. The molecule has 11 nitrogen and oxygen atoms in total. The Balaban J connectivity index is 1.69. The number of carbonyl (C=O) groups excluding carboxylic acids is 1. The topological polar surface area (TPSA) is 152 Å². The normalized spacial score (nSPS) is 32.7. The largest absolute Gasteiger partial charge is 0.463 e. The molecule has 0 bridgehead atoms. The number of hydrogen-bond donors (Lipinski definition) is 2. The van der Waals surface area contributed by atoms with Crippen LogP contribution in [0.5, 0.6) is 0 Å². The van der Waals surface area contributed by atoms with Crippen molar-refractivity contribution in [2.45, 2.75) is 65.0 Å². The summed E-state index contributed by atoms with van der Waals surface area (Å²) in [4.78, 5) is 37.8. The van der Waals surface area contributed by atoms with Crippen LogP contribution in [0.1, 0.15) is 47.3 Å². The average molecular weight is 473 g/mol. The van der Waals surface area contributed by atoms with E-state index in [2.05, 4.69) is 4.98 Å². The molecule has 1 aromatic heterocycles. The van der Waals surface area contributed by atoms with Crippen LogP contribution in [0.3, 0.4) is 0 Å². The van der Waals surface area contributed by atoms with Crippen molar-refractivity contribution < 1.29 is 27.9 Å². The second-order valence-corrected chi connectivity index (χ2v) is 11.9. The zero-order valence-electron chi connectivity index (χ0n) is 19.0. The molecule has 0 spiro atoms. The molecule has 1 aromatic rings. The van der Waals surface area contributed by atoms with Gasteiger partial charge in [0.15, 0.2) is 6.23 Å². The van der Waals surface area contributed by atoms with Crippen LogP contribution in [0.15, 0.2) is 21.9 Å². The average Bonchev–Trinajstić information content (AvgIpc) is 2.90. The number of nitrogens with one attached hydrogen (secondary N) is 1. The molecule has 5 atom stereocenters. The number of esters is 1. The number of carbonyl (C=O) groups is 1. The predicted octanol–water partition coefficient (Wildman–Crippen LogP) is 1.38. The van der Waals surface area contributed by atoms with Crippen molar-refractivity contribution >= 4 is 13.6 Å². The second-order valence-electron chi connectivity index (χ2n) is 9.76. The fraction of sp³-hybridized carbons (Fsp3) is 0.750. The van der Waals surface area contributed by atoms with Crippen molar-refractivity contribution in [1.29, 1.82) is 0 Å². The van der Waals surface area contributed by atoms with Gasteiger partial charge in [0.1, 0.15) is 0 Å². The Kier molecular flexibility index (Phi) is 6.89. The van der Waals surface area contributed by atoms with Gasteiger partial charge >= 0.3 is 19.3 Å². The number of aromatic nitrogens is 2. The Bertz CT molecular complexity index is 1010. The molecule has 2 aliphatic rings. The fourth-order valence-electron chi connectivity index (χ4n) is 4.03. The first kappa shape index (κ1) is 24.9. The summed E-state index contributed by atoms with van der Waals surface area (Å²) < 4.78 is 37.0. The standard InChI is InChI=1S/C20H32N3O8P/c1-12(2)30-16(25)8-19(3,4)11-29-32(27)10-13-14(9-28-32)31-17(20(13,5)21)23-7-6-15(24)22-18(23)26/h6-7,12-14,17H,8-11,21H2,1-5H3,(H,22,24,26)/t13-,14-,17-,20-,32?/m1/s1. The highest BCUT2D eigenvalue weighted by molar-refractivity contribution is 7.53. The van der Waals surface area contributed by atoms with E-state index in [1.54, 1.807) is 20.8 Å². The first-order chi connectivity index (χ1) is 14.7. The molecule has 0 radical (unpaired) electrons. The van der Waals surface area contributed by atoms with Crippen molar-refractivity contribution in [3.05, 3.63) is 33.1 Å². The number of H-pyrrole nitrogens is 1. The molecule has 3 N–H and O–H groups in total. The molecular formula is C20H32N3O8P. The smallest absolute Gasteiger partial charge is 0.331 e. The van der Waals surface area contributed by atoms with Gasteiger partial charge in [-0.05, 0) is 26.2 Å². The summed E-state index contributed by atoms with van der Waals surface area (Å²) in [5.74, 6) is -0.774. The minimum Gasteiger partial charge on any atom is -0.463 e. The van der Waals surface area contributed by atoms with Crippen molar-refractivity contribution in [3.63, 3.8) is 0 Å². The summed E-state index contributed by atoms with van der Waals surface area (Å²) in [5.41, 5.74) is 3.69. The highest BCUT2D eigenvalue weighted by atomic mass is 31.2. The maximum Gasteiger partial charge on any atom is 0.331 e. The second kappa shape index (κ2) is 8.87. The predicted molar refractivity (Wildman–Crippen MR) is 115 cm³/mol. The van der Waals surface area contributed by atoms with Gasteiger partial charge in [0.05, 0.1) is 43.5 Å². The Morgan fingerprint density at radius 1 is 1.44 bits per heavy atom. The van der Waals surface area contributed by atoms with Gasteiger partial charge in [-0.1, -0.05) is 13.8 Å². The van der Waals surface area contributed by atoms with E-state index in [0.717, 1.165) is 0 Å². The molecule has 0 aromatic carbocycles. The molecule has 0 saturated carbocycles. The number of nitrogens with zero attached hydrogens (tertiary/aromatic N) is 1. The number of fused-ring (bicyclic) bond motifs is 1. The van der Waals surface area contributed by atoms with E-state index in [1.165, 1.54) is 16.8 Å². The Morgan fingerprint density at radius 3 is 2.75 bits per heavy atom. The van der Waals surface area contributed by atoms with E-state index >= 15 is 0 Å². The molecule has 180 valence electrons.